The Kier molecular flexibility index (Phi) is 1.85. The minimum atomic E-state index is 0.811. The Morgan fingerprint density at radius 1 is 1.15 bits per heavy atom. The van der Waals surface area contributed by atoms with Crippen LogP contribution < -0.4 is 4.74 Å². The Labute approximate surface area is 76.4 Å². The van der Waals surface area contributed by atoms with E-state index in [1.165, 1.54) is 0 Å². The van der Waals surface area contributed by atoms with E-state index in [0.717, 1.165) is 22.3 Å². The van der Waals surface area contributed by atoms with Gasteiger partial charge in [0.15, 0.2) is 5.75 Å². The molecule has 0 aliphatic carbocycles. The molecule has 0 amide bonds. The summed E-state index contributed by atoms with van der Waals surface area (Å²) >= 11 is 0. The molecule has 2 aromatic rings. The Morgan fingerprint density at radius 3 is 2.69 bits per heavy atom. The second-order valence-electron chi connectivity index (χ2n) is 2.84. The molecule has 0 aliphatic heterocycles. The molecule has 3 heteroatoms. The first-order valence-corrected chi connectivity index (χ1v) is 4.09. The van der Waals surface area contributed by atoms with E-state index >= 15 is 0 Å². The monoisotopic (exact) mass is 174 g/mol. The van der Waals surface area contributed by atoms with Crippen molar-refractivity contribution in [2.24, 2.45) is 0 Å². The minimum absolute atomic E-state index is 0.811. The van der Waals surface area contributed by atoms with E-state index in [2.05, 4.69) is 10.2 Å². The summed E-state index contributed by atoms with van der Waals surface area (Å²) in [6, 6.07) is 7.80. The second kappa shape index (κ2) is 3.01. The zero-order valence-electron chi connectivity index (χ0n) is 7.61. The molecule has 1 aromatic carbocycles. The third kappa shape index (κ3) is 1.22. The van der Waals surface area contributed by atoms with Crippen molar-refractivity contribution in [1.29, 1.82) is 0 Å². The van der Waals surface area contributed by atoms with Crippen LogP contribution in [-0.4, -0.2) is 17.3 Å². The lowest BCUT2D eigenvalue weighted by atomic mass is 10.2. The van der Waals surface area contributed by atoms with Crippen LogP contribution in [0.3, 0.4) is 0 Å². The van der Waals surface area contributed by atoms with Crippen LogP contribution in [0.15, 0.2) is 24.3 Å². The molecule has 0 saturated heterocycles. The maximum Gasteiger partial charge on any atom is 0.151 e. The van der Waals surface area contributed by atoms with E-state index < -0.39 is 0 Å². The highest BCUT2D eigenvalue weighted by Gasteiger charge is 2.05. The van der Waals surface area contributed by atoms with Crippen LogP contribution >= 0.6 is 0 Å². The highest BCUT2D eigenvalue weighted by atomic mass is 16.5. The average molecular weight is 174 g/mol. The summed E-state index contributed by atoms with van der Waals surface area (Å²) < 4.78 is 5.26. The maximum absolute atomic E-state index is 5.26. The first kappa shape index (κ1) is 7.98. The van der Waals surface area contributed by atoms with Crippen LogP contribution in [0.2, 0.25) is 0 Å². The van der Waals surface area contributed by atoms with E-state index in [0.29, 0.717) is 0 Å². The Morgan fingerprint density at radius 2 is 1.92 bits per heavy atom. The number of hydrogen-bond acceptors (Lipinski definition) is 3. The van der Waals surface area contributed by atoms with Crippen LogP contribution in [0.4, 0.5) is 0 Å². The average Bonchev–Trinajstić information content (AvgIpc) is 2.18. The van der Waals surface area contributed by atoms with Gasteiger partial charge in [0.25, 0.3) is 0 Å². The van der Waals surface area contributed by atoms with Crippen molar-refractivity contribution in [2.45, 2.75) is 6.92 Å². The van der Waals surface area contributed by atoms with E-state index in [1.807, 2.05) is 31.2 Å². The largest absolute Gasteiger partial charge is 0.494 e. The van der Waals surface area contributed by atoms with Crippen molar-refractivity contribution in [3.8, 4) is 5.75 Å². The zero-order valence-corrected chi connectivity index (χ0v) is 7.61. The summed E-state index contributed by atoms with van der Waals surface area (Å²) in [6.07, 6.45) is 0. The quantitative estimate of drug-likeness (QED) is 0.662. The lowest BCUT2D eigenvalue weighted by Crippen LogP contribution is -1.94. The van der Waals surface area contributed by atoms with Crippen LogP contribution in [0, 0.1) is 6.92 Å². The molecule has 0 atom stereocenters. The van der Waals surface area contributed by atoms with Gasteiger partial charge in [0.1, 0.15) is 5.69 Å². The number of fused-ring (bicyclic) bond motifs is 1. The molecule has 0 N–H and O–H groups in total. The molecule has 0 unspecified atom stereocenters. The fraction of sp³-hybridized carbons (Fsp3) is 0.200. The van der Waals surface area contributed by atoms with Gasteiger partial charge in [-0.25, -0.2) is 0 Å². The third-order valence-electron chi connectivity index (χ3n) is 1.99. The summed E-state index contributed by atoms with van der Waals surface area (Å²) in [6.45, 7) is 1.89. The lowest BCUT2D eigenvalue weighted by Gasteiger charge is -2.05. The molecule has 0 spiro atoms. The van der Waals surface area contributed by atoms with Crippen molar-refractivity contribution < 1.29 is 4.74 Å². The number of rotatable bonds is 1. The predicted molar refractivity (Wildman–Crippen MR) is 50.8 cm³/mol. The summed E-state index contributed by atoms with van der Waals surface area (Å²) in [5.74, 6) is 0.811. The van der Waals surface area contributed by atoms with Crippen LogP contribution in [0.5, 0.6) is 5.75 Å². The van der Waals surface area contributed by atoms with E-state index in [4.69, 9.17) is 4.74 Å². The van der Waals surface area contributed by atoms with Crippen LogP contribution in [0.1, 0.15) is 5.69 Å². The summed E-state index contributed by atoms with van der Waals surface area (Å²) in [7, 11) is 1.65. The van der Waals surface area contributed by atoms with Crippen LogP contribution in [0.25, 0.3) is 10.9 Å². The Bertz CT molecular complexity index is 440. The van der Waals surface area contributed by atoms with Gasteiger partial charge in [-0.3, -0.25) is 0 Å². The zero-order chi connectivity index (χ0) is 9.26. The van der Waals surface area contributed by atoms with Gasteiger partial charge >= 0.3 is 0 Å². The third-order valence-corrected chi connectivity index (χ3v) is 1.99. The number of ether oxygens (including phenoxy) is 1. The Balaban J connectivity index is 2.84. The number of nitrogens with zero attached hydrogens (tertiary/aromatic N) is 2. The van der Waals surface area contributed by atoms with Gasteiger partial charge in [0.05, 0.1) is 12.6 Å². The summed E-state index contributed by atoms with van der Waals surface area (Å²) in [5, 5.41) is 9.07. The van der Waals surface area contributed by atoms with Crippen molar-refractivity contribution in [1.82, 2.24) is 10.2 Å². The Hall–Kier alpha value is -1.64. The van der Waals surface area contributed by atoms with Crippen molar-refractivity contribution in [2.75, 3.05) is 7.11 Å². The smallest absolute Gasteiger partial charge is 0.151 e. The molecule has 66 valence electrons. The second-order valence-corrected chi connectivity index (χ2v) is 2.84. The van der Waals surface area contributed by atoms with Crippen molar-refractivity contribution in [3.05, 3.63) is 30.0 Å². The number of hydrogen-bond donors (Lipinski definition) is 0. The standard InChI is InChI=1S/C10H10N2O/c1-7-10(13-2)8-5-3-4-6-9(8)12-11-7/h3-6H,1-2H3. The predicted octanol–water partition coefficient (Wildman–Crippen LogP) is 1.95. The molecule has 0 fully saturated rings. The molecule has 0 aliphatic rings. The van der Waals surface area contributed by atoms with Crippen LogP contribution in [-0.2, 0) is 0 Å². The van der Waals surface area contributed by atoms with Crippen molar-refractivity contribution in [3.63, 3.8) is 0 Å². The molecule has 1 heterocycles. The fourth-order valence-electron chi connectivity index (χ4n) is 1.38. The van der Waals surface area contributed by atoms with Gasteiger partial charge in [0.2, 0.25) is 0 Å². The first-order valence-electron chi connectivity index (χ1n) is 4.09. The topological polar surface area (TPSA) is 35.0 Å². The summed E-state index contributed by atoms with van der Waals surface area (Å²) in [5.41, 5.74) is 1.69. The SMILES string of the molecule is COc1c(C)nnc2ccccc12. The molecule has 0 radical (unpaired) electrons. The maximum atomic E-state index is 5.26. The molecule has 1 aromatic heterocycles. The van der Waals surface area contributed by atoms with Gasteiger partial charge in [0, 0.05) is 5.39 Å². The number of aromatic nitrogens is 2. The fourth-order valence-corrected chi connectivity index (χ4v) is 1.38. The molecule has 0 bridgehead atoms. The highest BCUT2D eigenvalue weighted by molar-refractivity contribution is 5.84. The molecular weight excluding hydrogens is 164 g/mol. The highest BCUT2D eigenvalue weighted by Crippen LogP contribution is 2.25. The number of benzene rings is 1. The molecule has 13 heavy (non-hydrogen) atoms. The van der Waals surface area contributed by atoms with Gasteiger partial charge in [-0.1, -0.05) is 12.1 Å². The first-order chi connectivity index (χ1) is 6.33. The number of methoxy groups -OCH3 is 1. The molecule has 2 rings (SSSR count). The molecule has 0 saturated carbocycles. The van der Waals surface area contributed by atoms with Gasteiger partial charge < -0.3 is 4.74 Å². The van der Waals surface area contributed by atoms with E-state index in [-0.39, 0.29) is 0 Å². The normalized spacial score (nSPS) is 10.3. The number of aryl methyl sites for hydroxylation is 1. The molecular formula is C10H10N2O. The van der Waals surface area contributed by atoms with Gasteiger partial charge in [-0.05, 0) is 19.1 Å². The lowest BCUT2D eigenvalue weighted by molar-refractivity contribution is 0.413. The van der Waals surface area contributed by atoms with Crippen molar-refractivity contribution >= 4 is 10.9 Å². The van der Waals surface area contributed by atoms with E-state index in [1.54, 1.807) is 7.11 Å². The van der Waals surface area contributed by atoms with Gasteiger partial charge in [-0.2, -0.15) is 5.10 Å². The molecule has 3 nitrogen and oxygen atoms in total. The minimum Gasteiger partial charge on any atom is -0.494 e. The van der Waals surface area contributed by atoms with Gasteiger partial charge in [-0.15, -0.1) is 5.10 Å². The summed E-state index contributed by atoms with van der Waals surface area (Å²) in [4.78, 5) is 0. The van der Waals surface area contributed by atoms with E-state index in [9.17, 15) is 0 Å².